The fourth-order valence-corrected chi connectivity index (χ4v) is 4.93. The van der Waals surface area contributed by atoms with Crippen molar-refractivity contribution in [2.24, 2.45) is 0 Å². The molecule has 166 valence electrons. The van der Waals surface area contributed by atoms with Gasteiger partial charge in [0.05, 0.1) is 27.4 Å². The predicted molar refractivity (Wildman–Crippen MR) is 120 cm³/mol. The number of nitrogens with zero attached hydrogens (tertiary/aromatic N) is 4. The first-order valence-corrected chi connectivity index (χ1v) is 11.3. The molecule has 10 nitrogen and oxygen atoms in total. The third-order valence-electron chi connectivity index (χ3n) is 5.56. The molecule has 0 spiro atoms. The first kappa shape index (κ1) is 20.9. The van der Waals surface area contributed by atoms with Gasteiger partial charge in [0, 0.05) is 42.2 Å². The van der Waals surface area contributed by atoms with Crippen molar-refractivity contribution in [1.82, 2.24) is 14.7 Å². The summed E-state index contributed by atoms with van der Waals surface area (Å²) < 4.78 is 1.56. The van der Waals surface area contributed by atoms with E-state index < -0.39 is 16.7 Å². The van der Waals surface area contributed by atoms with Crippen molar-refractivity contribution in [2.45, 2.75) is 17.9 Å². The summed E-state index contributed by atoms with van der Waals surface area (Å²) in [5, 5.41) is 18.4. The molecule has 33 heavy (non-hydrogen) atoms. The number of thioether (sulfide) groups is 1. The highest BCUT2D eigenvalue weighted by Crippen LogP contribution is 2.36. The average Bonchev–Trinajstić information content (AvgIpc) is 3.47. The molecular formula is C22H17N5O5S. The van der Waals surface area contributed by atoms with E-state index in [4.69, 9.17) is 0 Å². The van der Waals surface area contributed by atoms with Gasteiger partial charge in [0.15, 0.2) is 0 Å². The van der Waals surface area contributed by atoms with Crippen LogP contribution in [0.15, 0.2) is 48.5 Å². The number of fused-ring (bicyclic) bond motifs is 2. The van der Waals surface area contributed by atoms with Gasteiger partial charge in [-0.2, -0.15) is 16.9 Å². The molecule has 0 atom stereocenters. The van der Waals surface area contributed by atoms with E-state index in [1.807, 2.05) is 0 Å². The number of aromatic nitrogens is 2. The van der Waals surface area contributed by atoms with Gasteiger partial charge in [0.25, 0.3) is 17.5 Å². The van der Waals surface area contributed by atoms with Gasteiger partial charge in [-0.05, 0) is 24.3 Å². The van der Waals surface area contributed by atoms with Crippen LogP contribution in [0.2, 0.25) is 0 Å². The van der Waals surface area contributed by atoms with E-state index in [1.165, 1.54) is 12.1 Å². The van der Waals surface area contributed by atoms with Crippen LogP contribution in [0.1, 0.15) is 38.4 Å². The fourth-order valence-electron chi connectivity index (χ4n) is 3.89. The molecule has 3 aromatic rings. The smallest absolute Gasteiger partial charge is 0.269 e. The third-order valence-corrected chi connectivity index (χ3v) is 6.53. The minimum absolute atomic E-state index is 0.0409. The number of nitro groups is 1. The van der Waals surface area contributed by atoms with Crippen molar-refractivity contribution in [3.8, 4) is 5.69 Å². The molecule has 11 heteroatoms. The second-order valence-corrected chi connectivity index (χ2v) is 8.54. The van der Waals surface area contributed by atoms with Crippen LogP contribution in [0.5, 0.6) is 0 Å². The van der Waals surface area contributed by atoms with E-state index in [1.54, 1.807) is 52.8 Å². The minimum Gasteiger partial charge on any atom is -0.310 e. The fraction of sp³-hybridized carbons (Fsp3) is 0.182. The second kappa shape index (κ2) is 8.17. The molecule has 1 aromatic heterocycles. The molecule has 0 fully saturated rings. The van der Waals surface area contributed by atoms with Crippen LogP contribution in [0.3, 0.4) is 0 Å². The number of nitro benzene ring substituents is 1. The van der Waals surface area contributed by atoms with Crippen LogP contribution >= 0.6 is 11.8 Å². The number of nitrogens with one attached hydrogen (secondary N) is 1. The summed E-state index contributed by atoms with van der Waals surface area (Å²) in [5.41, 5.74) is 2.96. The molecule has 2 aliphatic heterocycles. The summed E-state index contributed by atoms with van der Waals surface area (Å²) in [6.07, 6.45) is -0.0706. The van der Waals surface area contributed by atoms with Crippen LogP contribution in [0.4, 0.5) is 11.5 Å². The summed E-state index contributed by atoms with van der Waals surface area (Å²) >= 11 is 1.67. The number of anilines is 1. The number of non-ortho nitro benzene ring substituents is 1. The summed E-state index contributed by atoms with van der Waals surface area (Å²) in [6, 6.07) is 12.5. The van der Waals surface area contributed by atoms with Crippen molar-refractivity contribution < 1.29 is 19.3 Å². The summed E-state index contributed by atoms with van der Waals surface area (Å²) in [5.74, 6) is 0.697. The van der Waals surface area contributed by atoms with Gasteiger partial charge >= 0.3 is 0 Å². The number of amides is 3. The molecule has 0 saturated carbocycles. The third kappa shape index (κ3) is 3.65. The Kier molecular flexibility index (Phi) is 5.17. The van der Waals surface area contributed by atoms with Crippen LogP contribution in [-0.4, -0.2) is 43.9 Å². The highest BCUT2D eigenvalue weighted by atomic mass is 32.2. The molecule has 3 amide bonds. The lowest BCUT2D eigenvalue weighted by Crippen LogP contribution is -2.33. The normalized spacial score (nSPS) is 14.4. The topological polar surface area (TPSA) is 127 Å². The zero-order valence-corrected chi connectivity index (χ0v) is 18.0. The lowest BCUT2D eigenvalue weighted by atomic mass is 10.1. The Morgan fingerprint density at radius 3 is 2.36 bits per heavy atom. The highest BCUT2D eigenvalue weighted by Gasteiger charge is 2.35. The maximum Gasteiger partial charge on any atom is 0.269 e. The molecular weight excluding hydrogens is 446 g/mol. The molecule has 1 N–H and O–H groups in total. The second-order valence-electron chi connectivity index (χ2n) is 7.56. The number of hydrogen-bond acceptors (Lipinski definition) is 7. The van der Waals surface area contributed by atoms with Crippen molar-refractivity contribution >= 4 is 41.0 Å². The van der Waals surface area contributed by atoms with Crippen molar-refractivity contribution in [3.05, 3.63) is 81.0 Å². The van der Waals surface area contributed by atoms with Crippen LogP contribution in [0.25, 0.3) is 5.69 Å². The number of benzene rings is 2. The SMILES string of the molecule is O=C(CCN1C(=O)c2ccccc2C1=O)Nc1c2c(nn1-c1ccc([N+](=O)[O-])cc1)CSC2. The maximum atomic E-state index is 12.8. The van der Waals surface area contributed by atoms with Crippen molar-refractivity contribution in [2.75, 3.05) is 11.9 Å². The minimum atomic E-state index is -0.481. The monoisotopic (exact) mass is 463 g/mol. The van der Waals surface area contributed by atoms with E-state index >= 15 is 0 Å². The molecule has 2 aromatic carbocycles. The van der Waals surface area contributed by atoms with Gasteiger partial charge in [0.2, 0.25) is 5.91 Å². The van der Waals surface area contributed by atoms with E-state index in [2.05, 4.69) is 10.4 Å². The Hall–Kier alpha value is -3.99. The predicted octanol–water partition coefficient (Wildman–Crippen LogP) is 3.15. The zero-order valence-electron chi connectivity index (χ0n) is 17.2. The number of imide groups is 1. The molecule has 0 unspecified atom stereocenters. The summed E-state index contributed by atoms with van der Waals surface area (Å²) in [7, 11) is 0. The first-order valence-electron chi connectivity index (χ1n) is 10.1. The van der Waals surface area contributed by atoms with Gasteiger partial charge in [-0.15, -0.1) is 0 Å². The molecule has 0 radical (unpaired) electrons. The van der Waals surface area contributed by atoms with Crippen LogP contribution in [-0.2, 0) is 16.3 Å². The van der Waals surface area contributed by atoms with E-state index in [0.29, 0.717) is 34.1 Å². The average molecular weight is 463 g/mol. The number of hydrogen-bond donors (Lipinski definition) is 1. The Labute approximate surface area is 191 Å². The lowest BCUT2D eigenvalue weighted by molar-refractivity contribution is -0.384. The van der Waals surface area contributed by atoms with Gasteiger partial charge in [0.1, 0.15) is 5.82 Å². The molecule has 2 aliphatic rings. The van der Waals surface area contributed by atoms with Gasteiger partial charge < -0.3 is 5.32 Å². The lowest BCUT2D eigenvalue weighted by Gasteiger charge is -2.14. The zero-order chi connectivity index (χ0) is 23.1. The van der Waals surface area contributed by atoms with Gasteiger partial charge in [-0.25, -0.2) is 4.68 Å². The Morgan fingerprint density at radius 1 is 1.06 bits per heavy atom. The van der Waals surface area contributed by atoms with Gasteiger partial charge in [-0.3, -0.25) is 29.4 Å². The molecule has 0 saturated heterocycles. The standard InChI is InChI=1S/C22H17N5O5S/c28-19(9-10-25-21(29)15-3-1-2-4-16(15)22(25)30)23-20-17-11-33-12-18(17)24-26(20)13-5-7-14(8-6-13)27(31)32/h1-8H,9-12H2,(H,23,28). The molecule has 3 heterocycles. The van der Waals surface area contributed by atoms with Crippen molar-refractivity contribution in [3.63, 3.8) is 0 Å². The maximum absolute atomic E-state index is 12.8. The Bertz CT molecular complexity index is 1280. The van der Waals surface area contributed by atoms with E-state index in [-0.39, 0.29) is 24.6 Å². The quantitative estimate of drug-likeness (QED) is 0.338. The van der Waals surface area contributed by atoms with E-state index in [0.717, 1.165) is 16.2 Å². The molecule has 5 rings (SSSR count). The Balaban J connectivity index is 1.33. The van der Waals surface area contributed by atoms with Gasteiger partial charge in [-0.1, -0.05) is 12.1 Å². The number of carbonyl (C=O) groups is 3. The number of carbonyl (C=O) groups excluding carboxylic acids is 3. The van der Waals surface area contributed by atoms with Crippen molar-refractivity contribution in [1.29, 1.82) is 0 Å². The molecule has 0 aliphatic carbocycles. The van der Waals surface area contributed by atoms with Crippen LogP contribution in [0, 0.1) is 10.1 Å². The largest absolute Gasteiger partial charge is 0.310 e. The van der Waals surface area contributed by atoms with E-state index in [9.17, 15) is 24.5 Å². The summed E-state index contributed by atoms with van der Waals surface area (Å²) in [4.78, 5) is 49.4. The number of rotatable bonds is 6. The molecule has 0 bridgehead atoms. The Morgan fingerprint density at radius 2 is 1.73 bits per heavy atom. The highest BCUT2D eigenvalue weighted by molar-refractivity contribution is 7.98. The summed E-state index contributed by atoms with van der Waals surface area (Å²) in [6.45, 7) is -0.0409. The van der Waals surface area contributed by atoms with Crippen LogP contribution < -0.4 is 5.32 Å². The first-order chi connectivity index (χ1) is 15.9.